The van der Waals surface area contributed by atoms with Crippen molar-refractivity contribution in [3.05, 3.63) is 47.8 Å². The van der Waals surface area contributed by atoms with E-state index in [2.05, 4.69) is 4.98 Å². The number of unbranched alkanes of at least 4 members (excludes halogenated alkanes) is 1. The summed E-state index contributed by atoms with van der Waals surface area (Å²) >= 11 is 1.26. The van der Waals surface area contributed by atoms with Crippen LogP contribution in [0.3, 0.4) is 0 Å². The quantitative estimate of drug-likeness (QED) is 0.689. The van der Waals surface area contributed by atoms with Crippen LogP contribution in [-0.4, -0.2) is 31.0 Å². The molecule has 1 heterocycles. The molecule has 0 unspecified atom stereocenters. The Morgan fingerprint density at radius 3 is 2.70 bits per heavy atom. The molecule has 0 bridgehead atoms. The van der Waals surface area contributed by atoms with Crippen molar-refractivity contribution in [1.82, 2.24) is 9.55 Å². The first-order valence-corrected chi connectivity index (χ1v) is 8.62. The minimum Gasteiger partial charge on any atom is -0.480 e. The maximum atomic E-state index is 11.4. The molecule has 1 aromatic heterocycles. The van der Waals surface area contributed by atoms with E-state index in [0.29, 0.717) is 23.8 Å². The van der Waals surface area contributed by atoms with Crippen LogP contribution in [0, 0.1) is 0 Å². The number of rotatable bonds is 9. The number of hydrogen-bond acceptors (Lipinski definition) is 4. The largest absolute Gasteiger partial charge is 0.480 e. The number of hydrogen-bond donors (Lipinski definition) is 2. The van der Waals surface area contributed by atoms with Gasteiger partial charge in [-0.3, -0.25) is 4.79 Å². The molecular formula is C17H22N2O3S. The summed E-state index contributed by atoms with van der Waals surface area (Å²) in [5.74, 6) is -0.816. The van der Waals surface area contributed by atoms with Gasteiger partial charge in [0, 0.05) is 12.7 Å². The third-order valence-electron chi connectivity index (χ3n) is 3.49. The van der Waals surface area contributed by atoms with Crippen molar-refractivity contribution in [3.8, 4) is 0 Å². The van der Waals surface area contributed by atoms with Crippen molar-refractivity contribution in [2.24, 2.45) is 0 Å². The lowest BCUT2D eigenvalue weighted by Crippen LogP contribution is -2.17. The van der Waals surface area contributed by atoms with Crippen molar-refractivity contribution in [1.29, 1.82) is 0 Å². The van der Waals surface area contributed by atoms with Gasteiger partial charge in [0.1, 0.15) is 5.25 Å². The molecule has 0 saturated carbocycles. The first kappa shape index (κ1) is 17.6. The van der Waals surface area contributed by atoms with Gasteiger partial charge in [0.15, 0.2) is 5.16 Å². The number of aliphatic hydroxyl groups excluding tert-OH is 1. The Labute approximate surface area is 140 Å². The van der Waals surface area contributed by atoms with Gasteiger partial charge < -0.3 is 14.8 Å². The van der Waals surface area contributed by atoms with Gasteiger partial charge in [0.25, 0.3) is 0 Å². The number of nitrogens with zero attached hydrogens (tertiary/aromatic N) is 2. The van der Waals surface area contributed by atoms with Crippen LogP contribution < -0.4 is 0 Å². The highest BCUT2D eigenvalue weighted by atomic mass is 32.2. The number of carboxylic acid groups (broad SMARTS) is 1. The van der Waals surface area contributed by atoms with Gasteiger partial charge in [-0.05, 0) is 12.0 Å². The second kappa shape index (κ2) is 8.74. The SMILES string of the molecule is CCCC[C@H](Sc1nc(CO)cn1Cc1ccccc1)C(=O)O. The molecule has 1 atom stereocenters. The number of imidazole rings is 1. The standard InChI is InChI=1S/C17H22N2O3S/c1-2-3-9-15(16(21)22)23-17-18-14(12-20)11-19(17)10-13-7-5-4-6-8-13/h4-8,11,15,20H,2-3,9-10,12H2,1H3,(H,21,22)/t15-/m0/s1. The lowest BCUT2D eigenvalue weighted by Gasteiger charge is -2.12. The molecule has 6 heteroatoms. The van der Waals surface area contributed by atoms with Crippen LogP contribution in [0.25, 0.3) is 0 Å². The number of thioether (sulfide) groups is 1. The smallest absolute Gasteiger partial charge is 0.317 e. The van der Waals surface area contributed by atoms with E-state index < -0.39 is 11.2 Å². The molecular weight excluding hydrogens is 312 g/mol. The van der Waals surface area contributed by atoms with Crippen molar-refractivity contribution < 1.29 is 15.0 Å². The van der Waals surface area contributed by atoms with Crippen LogP contribution in [0.4, 0.5) is 0 Å². The van der Waals surface area contributed by atoms with Gasteiger partial charge in [-0.15, -0.1) is 0 Å². The molecule has 0 radical (unpaired) electrons. The maximum absolute atomic E-state index is 11.4. The summed E-state index contributed by atoms with van der Waals surface area (Å²) in [6.07, 6.45) is 4.23. The van der Waals surface area contributed by atoms with Gasteiger partial charge >= 0.3 is 5.97 Å². The van der Waals surface area contributed by atoms with E-state index in [1.165, 1.54) is 11.8 Å². The van der Waals surface area contributed by atoms with Crippen LogP contribution in [0.5, 0.6) is 0 Å². The van der Waals surface area contributed by atoms with E-state index in [-0.39, 0.29) is 6.61 Å². The topological polar surface area (TPSA) is 75.4 Å². The zero-order chi connectivity index (χ0) is 16.7. The summed E-state index contributed by atoms with van der Waals surface area (Å²) in [6.45, 7) is 2.50. The van der Waals surface area contributed by atoms with Gasteiger partial charge in [-0.1, -0.05) is 61.9 Å². The normalized spacial score (nSPS) is 12.3. The molecule has 124 valence electrons. The van der Waals surface area contributed by atoms with Crippen molar-refractivity contribution in [2.45, 2.75) is 49.7 Å². The molecule has 2 rings (SSSR count). The highest BCUT2D eigenvalue weighted by Crippen LogP contribution is 2.27. The van der Waals surface area contributed by atoms with E-state index in [0.717, 1.165) is 18.4 Å². The van der Waals surface area contributed by atoms with Crippen molar-refractivity contribution in [3.63, 3.8) is 0 Å². The third-order valence-corrected chi connectivity index (χ3v) is 4.75. The Balaban J connectivity index is 2.19. The predicted molar refractivity (Wildman–Crippen MR) is 90.5 cm³/mol. The fraction of sp³-hybridized carbons (Fsp3) is 0.412. The number of carbonyl (C=O) groups is 1. The zero-order valence-corrected chi connectivity index (χ0v) is 14.0. The van der Waals surface area contributed by atoms with Gasteiger partial charge in [0.05, 0.1) is 12.3 Å². The van der Waals surface area contributed by atoms with E-state index in [1.807, 2.05) is 41.8 Å². The maximum Gasteiger partial charge on any atom is 0.317 e. The Hall–Kier alpha value is -1.79. The summed E-state index contributed by atoms with van der Waals surface area (Å²) < 4.78 is 1.91. The highest BCUT2D eigenvalue weighted by molar-refractivity contribution is 8.00. The molecule has 2 N–H and O–H groups in total. The summed E-state index contributed by atoms with van der Waals surface area (Å²) in [5, 5.41) is 18.8. The van der Waals surface area contributed by atoms with Crippen LogP contribution in [0.2, 0.25) is 0 Å². The minimum absolute atomic E-state index is 0.151. The van der Waals surface area contributed by atoms with E-state index >= 15 is 0 Å². The molecule has 0 aliphatic rings. The predicted octanol–water partition coefficient (Wildman–Crippen LogP) is 3.16. The Kier molecular flexibility index (Phi) is 6.67. The number of carboxylic acids is 1. The summed E-state index contributed by atoms with van der Waals surface area (Å²) in [4.78, 5) is 15.8. The molecule has 0 aliphatic heterocycles. The summed E-state index contributed by atoms with van der Waals surface area (Å²) in [6, 6.07) is 9.91. The lowest BCUT2D eigenvalue weighted by molar-refractivity contribution is -0.136. The highest BCUT2D eigenvalue weighted by Gasteiger charge is 2.21. The summed E-state index contributed by atoms with van der Waals surface area (Å²) in [5.41, 5.74) is 1.67. The average Bonchev–Trinajstić information content (AvgIpc) is 2.94. The van der Waals surface area contributed by atoms with Crippen LogP contribution in [0.15, 0.2) is 41.7 Å². The second-order valence-electron chi connectivity index (χ2n) is 5.37. The minimum atomic E-state index is -0.816. The van der Waals surface area contributed by atoms with Crippen molar-refractivity contribution >= 4 is 17.7 Å². The third kappa shape index (κ3) is 5.11. The number of aliphatic hydroxyl groups is 1. The van der Waals surface area contributed by atoms with Gasteiger partial charge in [-0.25, -0.2) is 4.98 Å². The molecule has 0 spiro atoms. The average molecular weight is 334 g/mol. The van der Waals surface area contributed by atoms with E-state index in [4.69, 9.17) is 0 Å². The van der Waals surface area contributed by atoms with Crippen LogP contribution in [0.1, 0.15) is 37.4 Å². The number of aliphatic carboxylic acids is 1. The van der Waals surface area contributed by atoms with E-state index in [1.54, 1.807) is 6.20 Å². The zero-order valence-electron chi connectivity index (χ0n) is 13.2. The molecule has 23 heavy (non-hydrogen) atoms. The molecule has 0 fully saturated rings. The fourth-order valence-corrected chi connectivity index (χ4v) is 3.33. The van der Waals surface area contributed by atoms with Crippen LogP contribution in [-0.2, 0) is 17.9 Å². The Morgan fingerprint density at radius 1 is 1.35 bits per heavy atom. The molecule has 2 aromatic rings. The monoisotopic (exact) mass is 334 g/mol. The Bertz CT molecular complexity index is 628. The molecule has 1 aromatic carbocycles. The molecule has 5 nitrogen and oxygen atoms in total. The summed E-state index contributed by atoms with van der Waals surface area (Å²) in [7, 11) is 0. The lowest BCUT2D eigenvalue weighted by atomic mass is 10.2. The molecule has 0 saturated heterocycles. The number of benzene rings is 1. The first-order valence-electron chi connectivity index (χ1n) is 7.74. The van der Waals surface area contributed by atoms with Crippen molar-refractivity contribution in [2.75, 3.05) is 0 Å². The van der Waals surface area contributed by atoms with Gasteiger partial charge in [0.2, 0.25) is 0 Å². The second-order valence-corrected chi connectivity index (χ2v) is 6.54. The molecule has 0 amide bonds. The van der Waals surface area contributed by atoms with Crippen LogP contribution >= 0.6 is 11.8 Å². The Morgan fingerprint density at radius 2 is 2.09 bits per heavy atom. The number of aromatic nitrogens is 2. The van der Waals surface area contributed by atoms with Gasteiger partial charge in [-0.2, -0.15) is 0 Å². The van der Waals surface area contributed by atoms with E-state index in [9.17, 15) is 15.0 Å². The first-order chi connectivity index (χ1) is 11.1. The fourth-order valence-electron chi connectivity index (χ4n) is 2.26. The molecule has 0 aliphatic carbocycles.